The molecular formula is C12H12BrNO4. The number of alkyl carbamates (subject to hydrolysis) is 1. The first-order chi connectivity index (χ1) is 8.54. The summed E-state index contributed by atoms with van der Waals surface area (Å²) >= 11 is 3.25. The van der Waals surface area contributed by atoms with Crippen LogP contribution in [0.5, 0.6) is 0 Å². The second kappa shape index (κ2) is 6.80. The number of carboxylic acids is 1. The summed E-state index contributed by atoms with van der Waals surface area (Å²) in [6, 6.07) is 5.47. The Kier molecular flexibility index (Phi) is 5.38. The van der Waals surface area contributed by atoms with Gasteiger partial charge in [-0.2, -0.15) is 0 Å². The van der Waals surface area contributed by atoms with Gasteiger partial charge in [0.2, 0.25) is 0 Å². The van der Waals surface area contributed by atoms with E-state index < -0.39 is 18.1 Å². The lowest BCUT2D eigenvalue weighted by Crippen LogP contribution is -2.34. The molecular weight excluding hydrogens is 302 g/mol. The van der Waals surface area contributed by atoms with Crippen LogP contribution in [-0.4, -0.2) is 23.8 Å². The minimum atomic E-state index is -1.16. The fraction of sp³-hybridized carbons (Fsp3) is 0.167. The van der Waals surface area contributed by atoms with Crippen LogP contribution in [0.25, 0.3) is 0 Å². The van der Waals surface area contributed by atoms with Crippen molar-refractivity contribution in [3.05, 3.63) is 47.0 Å². The lowest BCUT2D eigenvalue weighted by molar-refractivity contribution is -0.139. The average Bonchev–Trinajstić information content (AvgIpc) is 2.34. The van der Waals surface area contributed by atoms with Gasteiger partial charge < -0.3 is 15.2 Å². The van der Waals surface area contributed by atoms with Gasteiger partial charge in [0.25, 0.3) is 0 Å². The van der Waals surface area contributed by atoms with Gasteiger partial charge >= 0.3 is 12.1 Å². The molecule has 0 radical (unpaired) electrons. The molecule has 0 aromatic heterocycles. The quantitative estimate of drug-likeness (QED) is 0.819. The number of rotatable bonds is 5. The van der Waals surface area contributed by atoms with Crippen molar-refractivity contribution in [2.45, 2.75) is 6.04 Å². The summed E-state index contributed by atoms with van der Waals surface area (Å²) < 4.78 is 5.50. The van der Waals surface area contributed by atoms with Gasteiger partial charge in [-0.05, 0) is 17.7 Å². The highest BCUT2D eigenvalue weighted by Gasteiger charge is 2.22. The standard InChI is InChI=1S/C12H12BrNO4/c1-2-7-18-12(17)14-10(11(15)16)8-3-5-9(13)6-4-8/h2-6,10H,1,7H2,(H,14,17)(H,15,16). The molecule has 0 saturated carbocycles. The summed E-state index contributed by atoms with van der Waals surface area (Å²) in [5.41, 5.74) is 0.459. The molecule has 0 saturated heterocycles. The zero-order chi connectivity index (χ0) is 13.5. The van der Waals surface area contributed by atoms with Crippen molar-refractivity contribution in [3.8, 4) is 0 Å². The number of ether oxygens (including phenoxy) is 1. The van der Waals surface area contributed by atoms with Crippen LogP contribution >= 0.6 is 15.9 Å². The topological polar surface area (TPSA) is 75.6 Å². The highest BCUT2D eigenvalue weighted by atomic mass is 79.9. The third kappa shape index (κ3) is 4.21. The zero-order valence-corrected chi connectivity index (χ0v) is 11.0. The van der Waals surface area contributed by atoms with E-state index >= 15 is 0 Å². The molecule has 0 bridgehead atoms. The van der Waals surface area contributed by atoms with E-state index in [2.05, 4.69) is 32.6 Å². The minimum Gasteiger partial charge on any atom is -0.479 e. The number of aliphatic carboxylic acids is 1. The maximum Gasteiger partial charge on any atom is 0.408 e. The van der Waals surface area contributed by atoms with Gasteiger partial charge in [-0.3, -0.25) is 0 Å². The number of carbonyl (C=O) groups excluding carboxylic acids is 1. The first-order valence-electron chi connectivity index (χ1n) is 5.07. The SMILES string of the molecule is C=CCOC(=O)NC(C(=O)O)c1ccc(Br)cc1. The average molecular weight is 314 g/mol. The van der Waals surface area contributed by atoms with Crippen LogP contribution in [-0.2, 0) is 9.53 Å². The van der Waals surface area contributed by atoms with Crippen LogP contribution in [0, 0.1) is 0 Å². The predicted octanol–water partition coefficient (Wildman–Crippen LogP) is 2.49. The monoisotopic (exact) mass is 313 g/mol. The summed E-state index contributed by atoms with van der Waals surface area (Å²) in [5, 5.41) is 11.3. The molecule has 1 unspecified atom stereocenters. The van der Waals surface area contributed by atoms with E-state index in [1.54, 1.807) is 24.3 Å². The molecule has 2 N–H and O–H groups in total. The molecule has 1 rings (SSSR count). The van der Waals surface area contributed by atoms with Gasteiger partial charge in [0, 0.05) is 4.47 Å². The van der Waals surface area contributed by atoms with Crippen molar-refractivity contribution in [2.24, 2.45) is 0 Å². The molecule has 18 heavy (non-hydrogen) atoms. The Morgan fingerprint density at radius 2 is 2.06 bits per heavy atom. The third-order valence-corrected chi connectivity index (χ3v) is 2.57. The third-order valence-electron chi connectivity index (χ3n) is 2.04. The van der Waals surface area contributed by atoms with Crippen molar-refractivity contribution >= 4 is 28.0 Å². The zero-order valence-electron chi connectivity index (χ0n) is 9.43. The molecule has 5 nitrogen and oxygen atoms in total. The van der Waals surface area contributed by atoms with E-state index in [4.69, 9.17) is 5.11 Å². The molecule has 1 aromatic rings. The molecule has 1 aromatic carbocycles. The Bertz CT molecular complexity index is 444. The summed E-state index contributed by atoms with van der Waals surface area (Å²) in [5.74, 6) is -1.16. The highest BCUT2D eigenvalue weighted by Crippen LogP contribution is 2.17. The van der Waals surface area contributed by atoms with Crippen molar-refractivity contribution in [1.82, 2.24) is 5.32 Å². The molecule has 96 valence electrons. The Labute approximate surface area is 113 Å². The lowest BCUT2D eigenvalue weighted by atomic mass is 10.1. The number of nitrogens with one attached hydrogen (secondary N) is 1. The van der Waals surface area contributed by atoms with Crippen LogP contribution in [0.1, 0.15) is 11.6 Å². The van der Waals surface area contributed by atoms with Gasteiger partial charge in [0.1, 0.15) is 6.61 Å². The van der Waals surface area contributed by atoms with Gasteiger partial charge in [0.15, 0.2) is 6.04 Å². The van der Waals surface area contributed by atoms with E-state index in [0.29, 0.717) is 5.56 Å². The minimum absolute atomic E-state index is 0.0263. The molecule has 0 heterocycles. The molecule has 1 atom stereocenters. The number of carbonyl (C=O) groups is 2. The fourth-order valence-electron chi connectivity index (χ4n) is 1.24. The number of halogens is 1. The normalized spacial score (nSPS) is 11.4. The Morgan fingerprint density at radius 3 is 2.56 bits per heavy atom. The van der Waals surface area contributed by atoms with Gasteiger partial charge in [-0.25, -0.2) is 9.59 Å². The van der Waals surface area contributed by atoms with Crippen LogP contribution in [0.2, 0.25) is 0 Å². The molecule has 0 aliphatic heterocycles. The largest absolute Gasteiger partial charge is 0.479 e. The summed E-state index contributed by atoms with van der Waals surface area (Å²) in [4.78, 5) is 22.4. The first-order valence-corrected chi connectivity index (χ1v) is 5.86. The Balaban J connectivity index is 2.77. The number of hydrogen-bond acceptors (Lipinski definition) is 3. The Morgan fingerprint density at radius 1 is 1.44 bits per heavy atom. The van der Waals surface area contributed by atoms with E-state index in [0.717, 1.165) is 4.47 Å². The van der Waals surface area contributed by atoms with Crippen molar-refractivity contribution in [2.75, 3.05) is 6.61 Å². The number of carboxylic acid groups (broad SMARTS) is 1. The van der Waals surface area contributed by atoms with E-state index in [1.165, 1.54) is 6.08 Å². The first kappa shape index (κ1) is 14.2. The van der Waals surface area contributed by atoms with E-state index in [-0.39, 0.29) is 6.61 Å². The second-order valence-corrected chi connectivity index (χ2v) is 4.27. The smallest absolute Gasteiger partial charge is 0.408 e. The molecule has 6 heteroatoms. The van der Waals surface area contributed by atoms with Crippen LogP contribution in [0.3, 0.4) is 0 Å². The number of amides is 1. The summed E-state index contributed by atoms with van der Waals surface area (Å²) in [7, 11) is 0. The maximum absolute atomic E-state index is 11.3. The van der Waals surface area contributed by atoms with Gasteiger partial charge in [0.05, 0.1) is 0 Å². The maximum atomic E-state index is 11.3. The van der Waals surface area contributed by atoms with Gasteiger partial charge in [-0.1, -0.05) is 40.7 Å². The Hall–Kier alpha value is -1.82. The second-order valence-electron chi connectivity index (χ2n) is 3.35. The summed E-state index contributed by atoms with van der Waals surface area (Å²) in [6.45, 7) is 3.41. The van der Waals surface area contributed by atoms with Crippen LogP contribution < -0.4 is 5.32 Å². The molecule has 0 aliphatic rings. The highest BCUT2D eigenvalue weighted by molar-refractivity contribution is 9.10. The number of benzene rings is 1. The molecule has 0 fully saturated rings. The molecule has 1 amide bonds. The van der Waals surface area contributed by atoms with Crippen LogP contribution in [0.15, 0.2) is 41.4 Å². The van der Waals surface area contributed by atoms with Crippen molar-refractivity contribution in [1.29, 1.82) is 0 Å². The number of hydrogen-bond donors (Lipinski definition) is 2. The molecule has 0 spiro atoms. The van der Waals surface area contributed by atoms with Crippen molar-refractivity contribution < 1.29 is 19.4 Å². The summed E-state index contributed by atoms with van der Waals surface area (Å²) in [6.07, 6.45) is 0.597. The van der Waals surface area contributed by atoms with E-state index in [1.807, 2.05) is 0 Å². The van der Waals surface area contributed by atoms with Crippen LogP contribution in [0.4, 0.5) is 4.79 Å². The predicted molar refractivity (Wildman–Crippen MR) is 69.2 cm³/mol. The van der Waals surface area contributed by atoms with Crippen molar-refractivity contribution in [3.63, 3.8) is 0 Å². The van der Waals surface area contributed by atoms with E-state index in [9.17, 15) is 9.59 Å². The molecule has 0 aliphatic carbocycles. The van der Waals surface area contributed by atoms with Gasteiger partial charge in [-0.15, -0.1) is 0 Å². The lowest BCUT2D eigenvalue weighted by Gasteiger charge is -2.14. The fourth-order valence-corrected chi connectivity index (χ4v) is 1.50.